The quantitative estimate of drug-likeness (QED) is 0.139. The van der Waals surface area contributed by atoms with E-state index in [0.29, 0.717) is 49.7 Å². The highest BCUT2D eigenvalue weighted by Gasteiger charge is 2.33. The fourth-order valence-electron chi connectivity index (χ4n) is 3.31. The molecule has 4 rings (SSSR count). The standard InChI is InChI=1S/C25H17BrCl2INO3S2/c1-2-32-21-10-14(9-20(29)23(21)33-13-15-5-3-4-6-18(15)27)11-22-24(31)30(25(34)35-22)16-7-8-17(26)19(28)12-16/h3-12H,2,13H2,1H3/b22-11+. The van der Waals surface area contributed by atoms with Crippen LogP contribution in [0.4, 0.5) is 5.69 Å². The lowest BCUT2D eigenvalue weighted by atomic mass is 10.1. The van der Waals surface area contributed by atoms with Crippen LogP contribution >= 0.6 is 85.7 Å². The summed E-state index contributed by atoms with van der Waals surface area (Å²) in [5, 5.41) is 1.15. The van der Waals surface area contributed by atoms with E-state index >= 15 is 0 Å². The number of carbonyl (C=O) groups is 1. The number of hydrogen-bond donors (Lipinski definition) is 0. The van der Waals surface area contributed by atoms with Crippen LogP contribution in [0.2, 0.25) is 10.0 Å². The molecule has 35 heavy (non-hydrogen) atoms. The molecular weight excluding hydrogens is 704 g/mol. The number of amides is 1. The van der Waals surface area contributed by atoms with Crippen LogP contribution in [-0.4, -0.2) is 16.8 Å². The van der Waals surface area contributed by atoms with Gasteiger partial charge in [0.25, 0.3) is 5.91 Å². The molecule has 0 aliphatic carbocycles. The van der Waals surface area contributed by atoms with Gasteiger partial charge in [-0.25, -0.2) is 0 Å². The molecule has 0 bridgehead atoms. The molecule has 180 valence electrons. The molecule has 1 fully saturated rings. The van der Waals surface area contributed by atoms with Crippen molar-refractivity contribution in [3.05, 3.63) is 88.7 Å². The summed E-state index contributed by atoms with van der Waals surface area (Å²) in [6.07, 6.45) is 1.81. The average molecular weight is 721 g/mol. The smallest absolute Gasteiger partial charge is 0.270 e. The molecule has 0 unspecified atom stereocenters. The van der Waals surface area contributed by atoms with Crippen LogP contribution in [0.3, 0.4) is 0 Å². The van der Waals surface area contributed by atoms with Crippen molar-refractivity contribution in [2.75, 3.05) is 11.5 Å². The SMILES string of the molecule is CCOc1cc(/C=C2/SC(=S)N(c3ccc(Br)c(Cl)c3)C2=O)cc(I)c1OCc1ccccc1Cl. The highest BCUT2D eigenvalue weighted by Crippen LogP contribution is 2.40. The topological polar surface area (TPSA) is 38.8 Å². The van der Waals surface area contributed by atoms with Crippen LogP contribution in [0.25, 0.3) is 6.08 Å². The second-order valence-corrected chi connectivity index (χ2v) is 11.8. The maximum atomic E-state index is 13.2. The molecule has 0 spiro atoms. The number of anilines is 1. The lowest BCUT2D eigenvalue weighted by Gasteiger charge is -2.16. The molecule has 0 saturated carbocycles. The first kappa shape index (κ1) is 26.8. The van der Waals surface area contributed by atoms with Crippen LogP contribution in [0.15, 0.2) is 64.0 Å². The number of rotatable bonds is 7. The number of hydrogen-bond acceptors (Lipinski definition) is 5. The van der Waals surface area contributed by atoms with Crippen LogP contribution in [-0.2, 0) is 11.4 Å². The van der Waals surface area contributed by atoms with Gasteiger partial charge in [0.15, 0.2) is 15.8 Å². The molecule has 0 atom stereocenters. The number of halogens is 4. The minimum atomic E-state index is -0.203. The first-order valence-electron chi connectivity index (χ1n) is 10.3. The van der Waals surface area contributed by atoms with Crippen molar-refractivity contribution >= 4 is 108 Å². The molecule has 3 aromatic rings. The van der Waals surface area contributed by atoms with Gasteiger partial charge in [-0.1, -0.05) is 65.4 Å². The Morgan fingerprint density at radius 2 is 1.89 bits per heavy atom. The molecule has 1 aliphatic rings. The van der Waals surface area contributed by atoms with Crippen molar-refractivity contribution < 1.29 is 14.3 Å². The normalized spacial score (nSPS) is 14.7. The Bertz CT molecular complexity index is 1350. The fraction of sp³-hybridized carbons (Fsp3) is 0.120. The van der Waals surface area contributed by atoms with E-state index in [9.17, 15) is 4.79 Å². The van der Waals surface area contributed by atoms with Crippen molar-refractivity contribution in [3.8, 4) is 11.5 Å². The van der Waals surface area contributed by atoms with Crippen molar-refractivity contribution in [3.63, 3.8) is 0 Å². The molecule has 0 aromatic heterocycles. The fourth-order valence-corrected chi connectivity index (χ4v) is 6.00. The van der Waals surface area contributed by atoms with E-state index in [4.69, 9.17) is 44.9 Å². The predicted molar refractivity (Wildman–Crippen MR) is 161 cm³/mol. The maximum Gasteiger partial charge on any atom is 0.270 e. The van der Waals surface area contributed by atoms with E-state index < -0.39 is 0 Å². The van der Waals surface area contributed by atoms with Gasteiger partial charge in [-0.2, -0.15) is 0 Å². The van der Waals surface area contributed by atoms with E-state index in [2.05, 4.69) is 38.5 Å². The molecule has 1 saturated heterocycles. The van der Waals surface area contributed by atoms with E-state index in [0.717, 1.165) is 19.2 Å². The van der Waals surface area contributed by atoms with E-state index in [1.54, 1.807) is 18.2 Å². The van der Waals surface area contributed by atoms with Crippen molar-refractivity contribution in [1.82, 2.24) is 0 Å². The number of thioether (sulfide) groups is 1. The lowest BCUT2D eigenvalue weighted by Crippen LogP contribution is -2.27. The molecule has 4 nitrogen and oxygen atoms in total. The Hall–Kier alpha value is -1.30. The summed E-state index contributed by atoms with van der Waals surface area (Å²) in [6.45, 7) is 2.68. The first-order chi connectivity index (χ1) is 16.8. The molecule has 0 N–H and O–H groups in total. The van der Waals surface area contributed by atoms with E-state index in [-0.39, 0.29) is 5.91 Å². The Morgan fingerprint density at radius 3 is 2.60 bits per heavy atom. The number of carbonyl (C=O) groups excluding carboxylic acids is 1. The van der Waals surface area contributed by atoms with Gasteiger partial charge in [0, 0.05) is 15.1 Å². The summed E-state index contributed by atoms with van der Waals surface area (Å²) < 4.78 is 14.0. The third-order valence-corrected chi connectivity index (χ3v) is 8.62. The Morgan fingerprint density at radius 1 is 1.11 bits per heavy atom. The molecule has 1 amide bonds. The van der Waals surface area contributed by atoms with Gasteiger partial charge in [0.1, 0.15) is 6.61 Å². The summed E-state index contributed by atoms with van der Waals surface area (Å²) in [6, 6.07) is 16.6. The number of ether oxygens (including phenoxy) is 2. The monoisotopic (exact) mass is 719 g/mol. The first-order valence-corrected chi connectivity index (χ1v) is 14.2. The van der Waals surface area contributed by atoms with Gasteiger partial charge in [0.2, 0.25) is 0 Å². The molecular formula is C25H17BrCl2INO3S2. The van der Waals surface area contributed by atoms with E-state index in [1.807, 2.05) is 49.4 Å². The van der Waals surface area contributed by atoms with Gasteiger partial charge in [-0.3, -0.25) is 9.69 Å². The zero-order valence-electron chi connectivity index (χ0n) is 18.2. The summed E-state index contributed by atoms with van der Waals surface area (Å²) in [4.78, 5) is 15.2. The second kappa shape index (κ2) is 11.8. The van der Waals surface area contributed by atoms with Gasteiger partial charge in [0.05, 0.1) is 25.8 Å². The highest BCUT2D eigenvalue weighted by molar-refractivity contribution is 14.1. The second-order valence-electron chi connectivity index (χ2n) is 7.26. The number of thiocarbonyl (C=S) groups is 1. The summed E-state index contributed by atoms with van der Waals surface area (Å²) >= 11 is 24.8. The predicted octanol–water partition coefficient (Wildman–Crippen LogP) is 8.74. The molecule has 0 radical (unpaired) electrons. The third-order valence-electron chi connectivity index (χ3n) is 4.91. The van der Waals surface area contributed by atoms with Crippen molar-refractivity contribution in [1.29, 1.82) is 0 Å². The average Bonchev–Trinajstić information content (AvgIpc) is 3.09. The van der Waals surface area contributed by atoms with Gasteiger partial charge in [-0.05, 0) is 93.5 Å². The van der Waals surface area contributed by atoms with Crippen molar-refractivity contribution in [2.24, 2.45) is 0 Å². The zero-order chi connectivity index (χ0) is 25.1. The largest absolute Gasteiger partial charge is 0.490 e. The van der Waals surface area contributed by atoms with Crippen LogP contribution in [0.1, 0.15) is 18.1 Å². The third kappa shape index (κ3) is 6.17. The number of nitrogens with zero attached hydrogens (tertiary/aromatic N) is 1. The Balaban J connectivity index is 1.61. The highest BCUT2D eigenvalue weighted by atomic mass is 127. The summed E-state index contributed by atoms with van der Waals surface area (Å²) in [5.74, 6) is 1.01. The minimum Gasteiger partial charge on any atom is -0.490 e. The molecule has 1 heterocycles. The van der Waals surface area contributed by atoms with Crippen LogP contribution < -0.4 is 14.4 Å². The van der Waals surface area contributed by atoms with Crippen LogP contribution in [0, 0.1) is 3.57 Å². The Labute approximate surface area is 245 Å². The molecule has 1 aliphatic heterocycles. The Kier molecular flexibility index (Phi) is 9.04. The van der Waals surface area contributed by atoms with Gasteiger partial charge < -0.3 is 9.47 Å². The lowest BCUT2D eigenvalue weighted by molar-refractivity contribution is -0.113. The van der Waals surface area contributed by atoms with Gasteiger partial charge in [-0.15, -0.1) is 0 Å². The molecule has 10 heteroatoms. The van der Waals surface area contributed by atoms with Gasteiger partial charge >= 0.3 is 0 Å². The maximum absolute atomic E-state index is 13.2. The number of benzene rings is 3. The molecule has 3 aromatic carbocycles. The minimum absolute atomic E-state index is 0.203. The van der Waals surface area contributed by atoms with Crippen LogP contribution in [0.5, 0.6) is 11.5 Å². The zero-order valence-corrected chi connectivity index (χ0v) is 25.1. The van der Waals surface area contributed by atoms with Crippen molar-refractivity contribution in [2.45, 2.75) is 13.5 Å². The summed E-state index contributed by atoms with van der Waals surface area (Å²) in [7, 11) is 0. The van der Waals surface area contributed by atoms with E-state index in [1.165, 1.54) is 16.7 Å². The summed E-state index contributed by atoms with van der Waals surface area (Å²) in [5.41, 5.74) is 2.31.